The Hall–Kier alpha value is -2.43. The summed E-state index contributed by atoms with van der Waals surface area (Å²) >= 11 is 0. The highest BCUT2D eigenvalue weighted by molar-refractivity contribution is 5.72. The van der Waals surface area contributed by atoms with E-state index in [1.807, 2.05) is 18.2 Å². The van der Waals surface area contributed by atoms with Crippen molar-refractivity contribution in [3.8, 4) is 11.3 Å². The van der Waals surface area contributed by atoms with Crippen molar-refractivity contribution in [2.45, 2.75) is 27.7 Å². The number of pyridine rings is 1. The molecule has 1 aromatic heterocycles. The first-order valence-corrected chi connectivity index (χ1v) is 7.98. The van der Waals surface area contributed by atoms with E-state index >= 15 is 0 Å². The number of halogens is 1. The van der Waals surface area contributed by atoms with E-state index in [9.17, 15) is 9.18 Å². The molecule has 1 aromatic carbocycles. The molecule has 5 heteroatoms. The lowest BCUT2D eigenvalue weighted by molar-refractivity contribution is -0.119. The fraction of sp³-hybridized carbons (Fsp3) is 0.368. The Kier molecular flexibility index (Phi) is 5.54. The molecule has 0 saturated carbocycles. The molecule has 2 aromatic rings. The molecule has 0 aliphatic rings. The second-order valence-electron chi connectivity index (χ2n) is 6.82. The SMILES string of the molecule is CC(=O)NCC(C)(C)CNc1ccnc(-c2ccc(C)c(F)c2)c1. The monoisotopic (exact) mass is 329 g/mol. The van der Waals surface area contributed by atoms with Gasteiger partial charge in [0.15, 0.2) is 0 Å². The Morgan fingerprint density at radius 3 is 2.62 bits per heavy atom. The largest absolute Gasteiger partial charge is 0.384 e. The maximum Gasteiger partial charge on any atom is 0.216 e. The number of aromatic nitrogens is 1. The highest BCUT2D eigenvalue weighted by Gasteiger charge is 2.18. The van der Waals surface area contributed by atoms with Gasteiger partial charge in [-0.3, -0.25) is 9.78 Å². The third-order valence-electron chi connectivity index (χ3n) is 3.81. The normalized spacial score (nSPS) is 11.2. The topological polar surface area (TPSA) is 54.0 Å². The van der Waals surface area contributed by atoms with Gasteiger partial charge >= 0.3 is 0 Å². The lowest BCUT2D eigenvalue weighted by atomic mass is 9.93. The number of benzene rings is 1. The van der Waals surface area contributed by atoms with Crippen molar-refractivity contribution in [3.05, 3.63) is 47.9 Å². The van der Waals surface area contributed by atoms with E-state index in [2.05, 4.69) is 29.5 Å². The molecule has 1 heterocycles. The fourth-order valence-electron chi connectivity index (χ4n) is 2.22. The number of nitrogens with one attached hydrogen (secondary N) is 2. The summed E-state index contributed by atoms with van der Waals surface area (Å²) in [6, 6.07) is 8.90. The van der Waals surface area contributed by atoms with Crippen LogP contribution in [-0.4, -0.2) is 24.0 Å². The summed E-state index contributed by atoms with van der Waals surface area (Å²) in [5.74, 6) is -0.264. The van der Waals surface area contributed by atoms with Crippen LogP contribution in [0.5, 0.6) is 0 Å². The maximum absolute atomic E-state index is 13.7. The highest BCUT2D eigenvalue weighted by Crippen LogP contribution is 2.23. The van der Waals surface area contributed by atoms with Gasteiger partial charge in [0.25, 0.3) is 0 Å². The van der Waals surface area contributed by atoms with E-state index in [0.717, 1.165) is 16.9 Å². The maximum atomic E-state index is 13.7. The van der Waals surface area contributed by atoms with Gasteiger partial charge < -0.3 is 10.6 Å². The number of hydrogen-bond acceptors (Lipinski definition) is 3. The third-order valence-corrected chi connectivity index (χ3v) is 3.81. The molecule has 0 fully saturated rings. The standard InChI is InChI=1S/C19H24FN3O/c1-13-5-6-15(9-17(13)20)18-10-16(7-8-21-18)23-12-19(3,4)11-22-14(2)24/h5-10H,11-12H2,1-4H3,(H,21,23)(H,22,24). The molecule has 0 radical (unpaired) electrons. The van der Waals surface area contributed by atoms with Crippen LogP contribution in [0.2, 0.25) is 0 Å². The van der Waals surface area contributed by atoms with Gasteiger partial charge in [-0.15, -0.1) is 0 Å². The van der Waals surface area contributed by atoms with E-state index < -0.39 is 0 Å². The number of anilines is 1. The molecule has 0 aliphatic carbocycles. The van der Waals surface area contributed by atoms with Crippen LogP contribution >= 0.6 is 0 Å². The van der Waals surface area contributed by atoms with Gasteiger partial charge in [0.1, 0.15) is 5.82 Å². The first-order valence-electron chi connectivity index (χ1n) is 7.98. The van der Waals surface area contributed by atoms with Crippen LogP contribution in [0.4, 0.5) is 10.1 Å². The van der Waals surface area contributed by atoms with Crippen molar-refractivity contribution in [1.82, 2.24) is 10.3 Å². The Labute approximate surface area is 142 Å². The zero-order chi connectivity index (χ0) is 17.7. The van der Waals surface area contributed by atoms with Crippen LogP contribution in [0.25, 0.3) is 11.3 Å². The molecule has 24 heavy (non-hydrogen) atoms. The zero-order valence-electron chi connectivity index (χ0n) is 14.6. The van der Waals surface area contributed by atoms with Gasteiger partial charge in [-0.2, -0.15) is 0 Å². The van der Waals surface area contributed by atoms with Crippen LogP contribution in [-0.2, 0) is 4.79 Å². The van der Waals surface area contributed by atoms with Gasteiger partial charge in [-0.05, 0) is 36.1 Å². The first kappa shape index (κ1) is 17.9. The van der Waals surface area contributed by atoms with Crippen molar-refractivity contribution < 1.29 is 9.18 Å². The van der Waals surface area contributed by atoms with Crippen LogP contribution in [0.1, 0.15) is 26.3 Å². The predicted octanol–water partition coefficient (Wildman–Crippen LogP) is 3.77. The predicted molar refractivity (Wildman–Crippen MR) is 95.3 cm³/mol. The van der Waals surface area contributed by atoms with Crippen molar-refractivity contribution >= 4 is 11.6 Å². The summed E-state index contributed by atoms with van der Waals surface area (Å²) in [4.78, 5) is 15.4. The van der Waals surface area contributed by atoms with Crippen molar-refractivity contribution in [2.24, 2.45) is 5.41 Å². The molecule has 0 aliphatic heterocycles. The Balaban J connectivity index is 2.07. The molecule has 128 valence electrons. The number of nitrogens with zero attached hydrogens (tertiary/aromatic N) is 1. The summed E-state index contributed by atoms with van der Waals surface area (Å²) in [6.07, 6.45) is 1.70. The minimum Gasteiger partial charge on any atom is -0.384 e. The van der Waals surface area contributed by atoms with Gasteiger partial charge in [0, 0.05) is 37.5 Å². The molecule has 0 atom stereocenters. The van der Waals surface area contributed by atoms with Crippen molar-refractivity contribution in [2.75, 3.05) is 18.4 Å². The summed E-state index contributed by atoms with van der Waals surface area (Å²) < 4.78 is 13.7. The van der Waals surface area contributed by atoms with Crippen LogP contribution in [0.3, 0.4) is 0 Å². The zero-order valence-corrected chi connectivity index (χ0v) is 14.6. The number of rotatable bonds is 6. The minimum absolute atomic E-state index is 0.0318. The van der Waals surface area contributed by atoms with E-state index in [1.165, 1.54) is 13.0 Å². The second-order valence-corrected chi connectivity index (χ2v) is 6.82. The number of aryl methyl sites for hydroxylation is 1. The summed E-state index contributed by atoms with van der Waals surface area (Å²) in [5, 5.41) is 6.20. The van der Waals surface area contributed by atoms with Crippen molar-refractivity contribution in [3.63, 3.8) is 0 Å². The lowest BCUT2D eigenvalue weighted by Crippen LogP contribution is -2.37. The molecular weight excluding hydrogens is 305 g/mol. The van der Waals surface area contributed by atoms with E-state index in [4.69, 9.17) is 0 Å². The van der Waals surface area contributed by atoms with Gasteiger partial charge in [-0.25, -0.2) is 4.39 Å². The molecule has 2 N–H and O–H groups in total. The number of carbonyl (C=O) groups is 1. The Morgan fingerprint density at radius 2 is 1.96 bits per heavy atom. The molecular formula is C19H24FN3O. The third kappa shape index (κ3) is 5.05. The van der Waals surface area contributed by atoms with E-state index in [-0.39, 0.29) is 17.1 Å². The van der Waals surface area contributed by atoms with E-state index in [1.54, 1.807) is 19.2 Å². The lowest BCUT2D eigenvalue weighted by Gasteiger charge is -2.25. The smallest absolute Gasteiger partial charge is 0.216 e. The van der Waals surface area contributed by atoms with Crippen LogP contribution < -0.4 is 10.6 Å². The van der Waals surface area contributed by atoms with Gasteiger partial charge in [0.05, 0.1) is 5.69 Å². The number of hydrogen-bond donors (Lipinski definition) is 2. The fourth-order valence-corrected chi connectivity index (χ4v) is 2.22. The first-order chi connectivity index (χ1) is 11.3. The Bertz CT molecular complexity index is 728. The second kappa shape index (κ2) is 7.43. The van der Waals surface area contributed by atoms with Crippen LogP contribution in [0.15, 0.2) is 36.5 Å². The molecule has 0 unspecified atom stereocenters. The van der Waals surface area contributed by atoms with E-state index in [0.29, 0.717) is 18.7 Å². The highest BCUT2D eigenvalue weighted by atomic mass is 19.1. The average molecular weight is 329 g/mol. The van der Waals surface area contributed by atoms with Gasteiger partial charge in [-0.1, -0.05) is 26.0 Å². The summed E-state index contributed by atoms with van der Waals surface area (Å²) in [6.45, 7) is 8.69. The molecule has 0 bridgehead atoms. The summed E-state index contributed by atoms with van der Waals surface area (Å²) in [7, 11) is 0. The quantitative estimate of drug-likeness (QED) is 0.848. The molecule has 0 saturated heterocycles. The molecule has 2 rings (SSSR count). The van der Waals surface area contributed by atoms with Gasteiger partial charge in [0.2, 0.25) is 5.91 Å². The van der Waals surface area contributed by atoms with Crippen LogP contribution in [0, 0.1) is 18.2 Å². The minimum atomic E-state index is -0.232. The molecule has 1 amide bonds. The van der Waals surface area contributed by atoms with Crippen molar-refractivity contribution in [1.29, 1.82) is 0 Å². The number of carbonyl (C=O) groups excluding carboxylic acids is 1. The number of amides is 1. The Morgan fingerprint density at radius 1 is 1.21 bits per heavy atom. The summed E-state index contributed by atoms with van der Waals surface area (Å²) in [5.41, 5.74) is 2.91. The molecule has 0 spiro atoms. The average Bonchev–Trinajstić information content (AvgIpc) is 2.54. The molecule has 4 nitrogen and oxygen atoms in total.